The molecule has 4 aromatic rings. The van der Waals surface area contributed by atoms with E-state index in [2.05, 4.69) is 24.3 Å². The molecule has 0 aliphatic carbocycles. The normalized spacial score (nSPS) is 11.6. The molecule has 0 bridgehead atoms. The second kappa shape index (κ2) is 6.57. The highest BCUT2D eigenvalue weighted by molar-refractivity contribution is 7.19. The number of phenols is 1. The molecule has 4 heteroatoms. The number of ether oxygens (including phenoxy) is 1. The first-order valence-electron chi connectivity index (χ1n) is 8.17. The third-order valence-corrected chi connectivity index (χ3v) is 4.99. The fraction of sp³-hybridized carbons (Fsp3) is 0.0952. The van der Waals surface area contributed by atoms with Crippen LogP contribution in [0.2, 0.25) is 0 Å². The van der Waals surface area contributed by atoms with Crippen LogP contribution in [0.15, 0.2) is 54.6 Å². The first-order chi connectivity index (χ1) is 12.2. The Bertz CT molecular complexity index is 1080. The Hall–Kier alpha value is -2.85. The molecule has 0 fully saturated rings. The monoisotopic (exact) mass is 347 g/mol. The van der Waals surface area contributed by atoms with E-state index in [-0.39, 0.29) is 5.75 Å². The Balaban J connectivity index is 1.70. The Kier molecular flexibility index (Phi) is 4.12. The average Bonchev–Trinajstić information content (AvgIpc) is 3.06. The third-order valence-electron chi connectivity index (χ3n) is 4.00. The molecule has 3 nitrogen and oxygen atoms in total. The van der Waals surface area contributed by atoms with Crippen molar-refractivity contribution in [2.45, 2.75) is 6.92 Å². The molecular weight excluding hydrogens is 330 g/mol. The summed E-state index contributed by atoms with van der Waals surface area (Å²) in [5.41, 5.74) is 2.01. The van der Waals surface area contributed by atoms with Gasteiger partial charge in [0.1, 0.15) is 5.01 Å². The standard InChI is InChI=1S/C21H17NO2S/c1-2-24-18-13-14(7-10-17(18)23)8-12-20-22-21-16-6-4-3-5-15(16)9-11-19(21)25-20/h3-13,23H,2H2,1H3. The molecule has 0 atom stereocenters. The lowest BCUT2D eigenvalue weighted by Crippen LogP contribution is -1.91. The lowest BCUT2D eigenvalue weighted by Gasteiger charge is -2.05. The molecule has 0 unspecified atom stereocenters. The minimum Gasteiger partial charge on any atom is -0.504 e. The number of hydrogen-bond donors (Lipinski definition) is 1. The lowest BCUT2D eigenvalue weighted by molar-refractivity contribution is 0.318. The van der Waals surface area contributed by atoms with E-state index < -0.39 is 0 Å². The summed E-state index contributed by atoms with van der Waals surface area (Å²) in [6.07, 6.45) is 3.99. The maximum absolute atomic E-state index is 9.79. The number of nitrogens with zero attached hydrogens (tertiary/aromatic N) is 1. The highest BCUT2D eigenvalue weighted by Gasteiger charge is 2.06. The summed E-state index contributed by atoms with van der Waals surface area (Å²) >= 11 is 1.67. The summed E-state index contributed by atoms with van der Waals surface area (Å²) in [6, 6.07) is 17.9. The molecule has 1 aromatic heterocycles. The van der Waals surface area contributed by atoms with Crippen LogP contribution in [-0.4, -0.2) is 16.7 Å². The summed E-state index contributed by atoms with van der Waals surface area (Å²) in [7, 11) is 0. The lowest BCUT2D eigenvalue weighted by atomic mass is 10.1. The molecule has 4 rings (SSSR count). The fourth-order valence-corrected chi connectivity index (χ4v) is 3.71. The van der Waals surface area contributed by atoms with Crippen molar-refractivity contribution in [3.8, 4) is 11.5 Å². The van der Waals surface area contributed by atoms with Gasteiger partial charge in [0.05, 0.1) is 16.8 Å². The van der Waals surface area contributed by atoms with Gasteiger partial charge in [0.2, 0.25) is 0 Å². The number of rotatable bonds is 4. The molecule has 0 radical (unpaired) electrons. The van der Waals surface area contributed by atoms with Gasteiger partial charge in [0.15, 0.2) is 11.5 Å². The first kappa shape index (κ1) is 15.7. The SMILES string of the molecule is CCOc1cc(C=Cc2nc3c(ccc4ccccc43)s2)ccc1O. The number of phenolic OH excluding ortho intramolecular Hbond substituents is 1. The highest BCUT2D eigenvalue weighted by atomic mass is 32.1. The molecule has 0 amide bonds. The van der Waals surface area contributed by atoms with Crippen LogP contribution in [0.25, 0.3) is 33.1 Å². The van der Waals surface area contributed by atoms with Crippen LogP contribution in [0, 0.1) is 0 Å². The van der Waals surface area contributed by atoms with Crippen LogP contribution in [0.5, 0.6) is 11.5 Å². The van der Waals surface area contributed by atoms with Crippen LogP contribution in [0.1, 0.15) is 17.5 Å². The van der Waals surface area contributed by atoms with Crippen LogP contribution in [0.4, 0.5) is 0 Å². The molecule has 3 aromatic carbocycles. The van der Waals surface area contributed by atoms with Crippen molar-refractivity contribution in [2.24, 2.45) is 0 Å². The minimum absolute atomic E-state index is 0.158. The molecular formula is C21H17NO2S. The van der Waals surface area contributed by atoms with Crippen molar-refractivity contribution < 1.29 is 9.84 Å². The van der Waals surface area contributed by atoms with Gasteiger partial charge in [-0.15, -0.1) is 11.3 Å². The van der Waals surface area contributed by atoms with E-state index in [1.54, 1.807) is 17.4 Å². The van der Waals surface area contributed by atoms with E-state index in [0.717, 1.165) is 16.1 Å². The van der Waals surface area contributed by atoms with Gasteiger partial charge in [-0.05, 0) is 42.1 Å². The topological polar surface area (TPSA) is 42.4 Å². The maximum Gasteiger partial charge on any atom is 0.161 e. The van der Waals surface area contributed by atoms with E-state index in [4.69, 9.17) is 9.72 Å². The second-order valence-corrected chi connectivity index (χ2v) is 6.74. The number of aromatic nitrogens is 1. The summed E-state index contributed by atoms with van der Waals surface area (Å²) in [6.45, 7) is 2.42. The van der Waals surface area contributed by atoms with E-state index in [9.17, 15) is 5.11 Å². The Morgan fingerprint density at radius 2 is 1.96 bits per heavy atom. The summed E-state index contributed by atoms with van der Waals surface area (Å²) < 4.78 is 6.61. The smallest absolute Gasteiger partial charge is 0.161 e. The number of benzene rings is 3. The number of aromatic hydroxyl groups is 1. The maximum atomic E-state index is 9.79. The predicted molar refractivity (Wildman–Crippen MR) is 105 cm³/mol. The first-order valence-corrected chi connectivity index (χ1v) is 8.98. The van der Waals surface area contributed by atoms with Gasteiger partial charge in [-0.2, -0.15) is 0 Å². The van der Waals surface area contributed by atoms with E-state index >= 15 is 0 Å². The van der Waals surface area contributed by atoms with Gasteiger partial charge in [0.25, 0.3) is 0 Å². The zero-order valence-electron chi connectivity index (χ0n) is 13.8. The van der Waals surface area contributed by atoms with Gasteiger partial charge < -0.3 is 9.84 Å². The average molecular weight is 347 g/mol. The molecule has 0 aliphatic rings. The summed E-state index contributed by atoms with van der Waals surface area (Å²) in [5.74, 6) is 0.658. The predicted octanol–water partition coefficient (Wildman–Crippen LogP) is 5.72. The number of hydrogen-bond acceptors (Lipinski definition) is 4. The second-order valence-electron chi connectivity index (χ2n) is 5.68. The van der Waals surface area contributed by atoms with E-state index in [1.807, 2.05) is 43.3 Å². The minimum atomic E-state index is 0.158. The zero-order chi connectivity index (χ0) is 17.2. The van der Waals surface area contributed by atoms with E-state index in [0.29, 0.717) is 12.4 Å². The van der Waals surface area contributed by atoms with Crippen molar-refractivity contribution in [1.29, 1.82) is 0 Å². The fourth-order valence-electron chi connectivity index (χ4n) is 2.82. The van der Waals surface area contributed by atoms with Gasteiger partial charge in [-0.3, -0.25) is 0 Å². The summed E-state index contributed by atoms with van der Waals surface area (Å²) in [5, 5.41) is 13.1. The Morgan fingerprint density at radius 3 is 2.84 bits per heavy atom. The van der Waals surface area contributed by atoms with Crippen molar-refractivity contribution in [2.75, 3.05) is 6.61 Å². The van der Waals surface area contributed by atoms with Crippen molar-refractivity contribution in [1.82, 2.24) is 4.98 Å². The molecule has 0 saturated heterocycles. The molecule has 0 spiro atoms. The van der Waals surface area contributed by atoms with Crippen LogP contribution in [0.3, 0.4) is 0 Å². The van der Waals surface area contributed by atoms with Gasteiger partial charge >= 0.3 is 0 Å². The molecule has 124 valence electrons. The molecule has 0 saturated carbocycles. The molecule has 25 heavy (non-hydrogen) atoms. The Labute approximate surface area is 149 Å². The van der Waals surface area contributed by atoms with Gasteiger partial charge in [0, 0.05) is 5.39 Å². The molecule has 1 N–H and O–H groups in total. The van der Waals surface area contributed by atoms with E-state index in [1.165, 1.54) is 15.5 Å². The van der Waals surface area contributed by atoms with Crippen LogP contribution >= 0.6 is 11.3 Å². The third kappa shape index (κ3) is 3.08. The van der Waals surface area contributed by atoms with Crippen LogP contribution in [-0.2, 0) is 0 Å². The van der Waals surface area contributed by atoms with Crippen molar-refractivity contribution in [3.63, 3.8) is 0 Å². The van der Waals surface area contributed by atoms with Crippen molar-refractivity contribution in [3.05, 3.63) is 65.2 Å². The zero-order valence-corrected chi connectivity index (χ0v) is 14.6. The van der Waals surface area contributed by atoms with Crippen LogP contribution < -0.4 is 4.74 Å². The number of fused-ring (bicyclic) bond motifs is 3. The summed E-state index contributed by atoms with van der Waals surface area (Å²) in [4.78, 5) is 4.78. The molecule has 0 aliphatic heterocycles. The van der Waals surface area contributed by atoms with Crippen molar-refractivity contribution >= 4 is 44.5 Å². The highest BCUT2D eigenvalue weighted by Crippen LogP contribution is 2.31. The quantitative estimate of drug-likeness (QED) is 0.513. The Morgan fingerprint density at radius 1 is 1.08 bits per heavy atom. The van der Waals surface area contributed by atoms with Gasteiger partial charge in [-0.1, -0.05) is 42.5 Å². The molecule has 1 heterocycles. The number of thiazole rings is 1. The van der Waals surface area contributed by atoms with Gasteiger partial charge in [-0.25, -0.2) is 4.98 Å². The largest absolute Gasteiger partial charge is 0.504 e.